The molecule has 1 N–H and O–H groups in total. The van der Waals surface area contributed by atoms with Crippen LogP contribution < -0.4 is 5.43 Å². The van der Waals surface area contributed by atoms with Crippen molar-refractivity contribution in [3.8, 4) is 11.3 Å². The molecule has 2 aromatic heterocycles. The maximum atomic E-state index is 12.0. The first-order valence-corrected chi connectivity index (χ1v) is 8.40. The number of benzene rings is 1. The quantitative estimate of drug-likeness (QED) is 0.390. The molecule has 0 spiro atoms. The van der Waals surface area contributed by atoms with Crippen molar-refractivity contribution in [1.29, 1.82) is 0 Å². The van der Waals surface area contributed by atoms with E-state index in [1.807, 2.05) is 0 Å². The van der Waals surface area contributed by atoms with Crippen LogP contribution >= 0.6 is 11.6 Å². The Morgan fingerprint density at radius 1 is 1.26 bits per heavy atom. The summed E-state index contributed by atoms with van der Waals surface area (Å²) in [6, 6.07) is 11.4. The predicted molar refractivity (Wildman–Crippen MR) is 98.9 cm³/mol. The fraction of sp³-hybridized carbons (Fsp3) is 0.105. The van der Waals surface area contributed by atoms with E-state index in [4.69, 9.17) is 25.2 Å². The second-order valence-electron chi connectivity index (χ2n) is 5.29. The lowest BCUT2D eigenvalue weighted by atomic mass is 10.1. The van der Waals surface area contributed by atoms with Crippen LogP contribution in [-0.4, -0.2) is 24.7 Å². The van der Waals surface area contributed by atoms with Crippen LogP contribution in [0.25, 0.3) is 11.3 Å². The monoisotopic (exact) mass is 386 g/mol. The van der Waals surface area contributed by atoms with E-state index in [0.29, 0.717) is 22.1 Å². The molecule has 0 aliphatic heterocycles. The van der Waals surface area contributed by atoms with Crippen molar-refractivity contribution in [3.05, 3.63) is 70.8 Å². The third kappa shape index (κ3) is 4.45. The van der Waals surface area contributed by atoms with E-state index in [2.05, 4.69) is 10.5 Å². The number of carbonyl (C=O) groups is 2. The van der Waals surface area contributed by atoms with Gasteiger partial charge in [0, 0.05) is 5.56 Å². The summed E-state index contributed by atoms with van der Waals surface area (Å²) in [5, 5.41) is 4.11. The number of nitrogens with one attached hydrogen (secondary N) is 1. The molecule has 0 saturated heterocycles. The number of ether oxygens (including phenoxy) is 1. The summed E-state index contributed by atoms with van der Waals surface area (Å²) in [7, 11) is 0. The van der Waals surface area contributed by atoms with E-state index in [1.54, 1.807) is 43.3 Å². The minimum atomic E-state index is -0.502. The van der Waals surface area contributed by atoms with Gasteiger partial charge in [0.05, 0.1) is 29.7 Å². The topological polar surface area (TPSA) is 94.0 Å². The summed E-state index contributed by atoms with van der Waals surface area (Å²) in [6.07, 6.45) is 2.75. The van der Waals surface area contributed by atoms with Gasteiger partial charge < -0.3 is 13.6 Å². The van der Waals surface area contributed by atoms with Crippen LogP contribution in [0.15, 0.2) is 62.7 Å². The zero-order valence-corrected chi connectivity index (χ0v) is 15.0. The predicted octanol–water partition coefficient (Wildman–Crippen LogP) is 4.13. The Balaban J connectivity index is 1.72. The number of halogens is 1. The molecule has 0 saturated carbocycles. The zero-order chi connectivity index (χ0) is 19.2. The molecule has 8 heteroatoms. The van der Waals surface area contributed by atoms with Gasteiger partial charge in [-0.3, -0.25) is 4.79 Å². The van der Waals surface area contributed by atoms with Gasteiger partial charge in [-0.2, -0.15) is 5.10 Å². The molecule has 0 fully saturated rings. The summed E-state index contributed by atoms with van der Waals surface area (Å²) in [6.45, 7) is 1.98. The van der Waals surface area contributed by atoms with E-state index >= 15 is 0 Å². The van der Waals surface area contributed by atoms with Crippen molar-refractivity contribution < 1.29 is 23.2 Å². The Bertz CT molecular complexity index is 976. The Morgan fingerprint density at radius 3 is 2.85 bits per heavy atom. The maximum absolute atomic E-state index is 12.0. The third-order valence-electron chi connectivity index (χ3n) is 3.48. The SMILES string of the molecule is CCOC(=O)c1cc(-c2ccc(/C=N\NC(=O)c3ccco3)o2)ccc1Cl. The van der Waals surface area contributed by atoms with Gasteiger partial charge in [-0.05, 0) is 49.4 Å². The van der Waals surface area contributed by atoms with Crippen LogP contribution in [0.3, 0.4) is 0 Å². The first-order chi connectivity index (χ1) is 13.1. The zero-order valence-electron chi connectivity index (χ0n) is 14.3. The molecule has 27 heavy (non-hydrogen) atoms. The highest BCUT2D eigenvalue weighted by molar-refractivity contribution is 6.33. The molecule has 1 amide bonds. The standard InChI is InChI=1S/C19H15ClN2O5/c1-2-25-19(24)14-10-12(5-7-15(14)20)16-8-6-13(27-16)11-21-22-18(23)17-4-3-9-26-17/h3-11H,2H2,1H3,(H,22,23)/b21-11-. The molecule has 0 unspecified atom stereocenters. The summed E-state index contributed by atoms with van der Waals surface area (Å²) >= 11 is 6.06. The number of hydrazone groups is 1. The van der Waals surface area contributed by atoms with Crippen molar-refractivity contribution in [2.75, 3.05) is 6.61 Å². The van der Waals surface area contributed by atoms with Crippen molar-refractivity contribution in [2.45, 2.75) is 6.92 Å². The van der Waals surface area contributed by atoms with E-state index in [-0.39, 0.29) is 17.9 Å². The van der Waals surface area contributed by atoms with Gasteiger partial charge in [0.15, 0.2) is 5.76 Å². The van der Waals surface area contributed by atoms with Crippen LogP contribution in [0.1, 0.15) is 33.6 Å². The average molecular weight is 387 g/mol. The van der Waals surface area contributed by atoms with Crippen molar-refractivity contribution >= 4 is 29.7 Å². The Hall–Kier alpha value is -3.32. The molecule has 0 aliphatic rings. The number of hydrogen-bond donors (Lipinski definition) is 1. The molecule has 138 valence electrons. The Labute approximate surface area is 159 Å². The summed E-state index contributed by atoms with van der Waals surface area (Å²) in [5.41, 5.74) is 3.24. The Morgan fingerprint density at radius 2 is 2.11 bits per heavy atom. The van der Waals surface area contributed by atoms with E-state index in [1.165, 1.54) is 18.5 Å². The van der Waals surface area contributed by atoms with Crippen LogP contribution in [0, 0.1) is 0 Å². The highest BCUT2D eigenvalue weighted by Crippen LogP contribution is 2.27. The normalized spacial score (nSPS) is 10.9. The average Bonchev–Trinajstić information content (AvgIpc) is 3.34. The van der Waals surface area contributed by atoms with Gasteiger partial charge in [-0.1, -0.05) is 11.6 Å². The lowest BCUT2D eigenvalue weighted by Crippen LogP contribution is -2.16. The molecule has 2 heterocycles. The smallest absolute Gasteiger partial charge is 0.339 e. The van der Waals surface area contributed by atoms with Crippen LogP contribution in [0.5, 0.6) is 0 Å². The number of rotatable bonds is 6. The molecule has 3 rings (SSSR count). The molecule has 0 atom stereocenters. The fourth-order valence-corrected chi connectivity index (χ4v) is 2.43. The lowest BCUT2D eigenvalue weighted by molar-refractivity contribution is 0.0526. The van der Waals surface area contributed by atoms with Crippen LogP contribution in [-0.2, 0) is 4.74 Å². The summed E-state index contributed by atoms with van der Waals surface area (Å²) in [5.74, 6) is 0.103. The van der Waals surface area contributed by atoms with Crippen molar-refractivity contribution in [1.82, 2.24) is 5.43 Å². The van der Waals surface area contributed by atoms with Gasteiger partial charge in [0.25, 0.3) is 0 Å². The number of amides is 1. The second kappa shape index (κ2) is 8.37. The van der Waals surface area contributed by atoms with Crippen molar-refractivity contribution in [2.24, 2.45) is 5.10 Å². The van der Waals surface area contributed by atoms with Gasteiger partial charge in [0.2, 0.25) is 0 Å². The molecular formula is C19H15ClN2O5. The molecule has 0 bridgehead atoms. The van der Waals surface area contributed by atoms with Crippen LogP contribution in [0.4, 0.5) is 0 Å². The summed E-state index contributed by atoms with van der Waals surface area (Å²) in [4.78, 5) is 23.7. The second-order valence-corrected chi connectivity index (χ2v) is 5.70. The summed E-state index contributed by atoms with van der Waals surface area (Å²) < 4.78 is 15.6. The highest BCUT2D eigenvalue weighted by atomic mass is 35.5. The molecule has 1 aromatic carbocycles. The van der Waals surface area contributed by atoms with Gasteiger partial charge in [-0.15, -0.1) is 0 Å². The van der Waals surface area contributed by atoms with Crippen molar-refractivity contribution in [3.63, 3.8) is 0 Å². The van der Waals surface area contributed by atoms with Gasteiger partial charge >= 0.3 is 11.9 Å². The number of carbonyl (C=O) groups excluding carboxylic acids is 2. The Kier molecular flexibility index (Phi) is 5.73. The highest BCUT2D eigenvalue weighted by Gasteiger charge is 2.14. The van der Waals surface area contributed by atoms with Crippen LogP contribution in [0.2, 0.25) is 5.02 Å². The van der Waals surface area contributed by atoms with Gasteiger partial charge in [0.1, 0.15) is 11.5 Å². The lowest BCUT2D eigenvalue weighted by Gasteiger charge is -2.05. The van der Waals surface area contributed by atoms with E-state index < -0.39 is 11.9 Å². The van der Waals surface area contributed by atoms with E-state index in [0.717, 1.165) is 0 Å². The molecule has 0 aliphatic carbocycles. The molecule has 0 radical (unpaired) electrons. The van der Waals surface area contributed by atoms with E-state index in [9.17, 15) is 9.59 Å². The first kappa shape index (κ1) is 18.5. The number of hydrogen-bond acceptors (Lipinski definition) is 6. The minimum absolute atomic E-state index is 0.153. The number of furan rings is 2. The molecular weight excluding hydrogens is 372 g/mol. The molecule has 7 nitrogen and oxygen atoms in total. The fourth-order valence-electron chi connectivity index (χ4n) is 2.24. The number of nitrogens with zero attached hydrogens (tertiary/aromatic N) is 1. The largest absolute Gasteiger partial charge is 0.462 e. The molecule has 3 aromatic rings. The number of esters is 1. The van der Waals surface area contributed by atoms with Gasteiger partial charge in [-0.25, -0.2) is 10.2 Å². The maximum Gasteiger partial charge on any atom is 0.339 e. The minimum Gasteiger partial charge on any atom is -0.462 e. The first-order valence-electron chi connectivity index (χ1n) is 8.02. The third-order valence-corrected chi connectivity index (χ3v) is 3.81.